The number of methoxy groups -OCH3 is 1. The Morgan fingerprint density at radius 2 is 2.07 bits per heavy atom. The van der Waals surface area contributed by atoms with E-state index in [1.165, 1.54) is 6.08 Å². The van der Waals surface area contributed by atoms with E-state index < -0.39 is 6.04 Å². The Bertz CT molecular complexity index is 955. The highest BCUT2D eigenvalue weighted by Gasteiger charge is 2.21. The van der Waals surface area contributed by atoms with Crippen LogP contribution in [0.25, 0.3) is 0 Å². The van der Waals surface area contributed by atoms with Gasteiger partial charge in [0, 0.05) is 29.8 Å². The molecule has 2 aromatic carbocycles. The SMILES string of the molecule is C=CC(=O)NC(CNC(=O)c1ccc2c(c1)C(=O)NCC2)c1ccccc1OC. The maximum absolute atomic E-state index is 12.7. The first-order valence-corrected chi connectivity index (χ1v) is 9.28. The highest BCUT2D eigenvalue weighted by molar-refractivity contribution is 6.01. The summed E-state index contributed by atoms with van der Waals surface area (Å²) in [4.78, 5) is 36.6. The van der Waals surface area contributed by atoms with Crippen LogP contribution >= 0.6 is 0 Å². The molecule has 0 saturated carbocycles. The van der Waals surface area contributed by atoms with Crippen LogP contribution in [0.3, 0.4) is 0 Å². The van der Waals surface area contributed by atoms with Crippen LogP contribution in [0.15, 0.2) is 55.1 Å². The van der Waals surface area contributed by atoms with Gasteiger partial charge in [-0.05, 0) is 36.3 Å². The highest BCUT2D eigenvalue weighted by Crippen LogP contribution is 2.24. The van der Waals surface area contributed by atoms with Crippen molar-refractivity contribution in [3.05, 3.63) is 77.4 Å². The second-order valence-corrected chi connectivity index (χ2v) is 6.60. The normalized spacial score (nSPS) is 13.5. The van der Waals surface area contributed by atoms with Gasteiger partial charge >= 0.3 is 0 Å². The average molecular weight is 393 g/mol. The van der Waals surface area contributed by atoms with Crippen molar-refractivity contribution in [2.24, 2.45) is 0 Å². The van der Waals surface area contributed by atoms with E-state index in [0.29, 0.717) is 23.4 Å². The first-order valence-electron chi connectivity index (χ1n) is 9.28. The smallest absolute Gasteiger partial charge is 0.251 e. The lowest BCUT2D eigenvalue weighted by Crippen LogP contribution is -2.37. The number of hydrogen-bond acceptors (Lipinski definition) is 4. The molecule has 0 bridgehead atoms. The maximum atomic E-state index is 12.7. The quantitative estimate of drug-likeness (QED) is 0.625. The zero-order valence-electron chi connectivity index (χ0n) is 16.2. The predicted octanol–water partition coefficient (Wildman–Crippen LogP) is 1.75. The number of para-hydroxylation sites is 1. The molecule has 1 aliphatic rings. The molecule has 2 aromatic rings. The van der Waals surface area contributed by atoms with Crippen LogP contribution in [0.5, 0.6) is 5.75 Å². The summed E-state index contributed by atoms with van der Waals surface area (Å²) in [6.07, 6.45) is 1.92. The Kier molecular flexibility index (Phi) is 6.29. The number of carbonyl (C=O) groups excluding carboxylic acids is 3. The number of benzene rings is 2. The zero-order chi connectivity index (χ0) is 20.8. The molecule has 3 rings (SSSR count). The molecule has 1 aliphatic heterocycles. The molecule has 0 saturated heterocycles. The number of hydrogen-bond donors (Lipinski definition) is 3. The number of ether oxygens (including phenoxy) is 1. The van der Waals surface area contributed by atoms with Crippen molar-refractivity contribution in [2.45, 2.75) is 12.5 Å². The summed E-state index contributed by atoms with van der Waals surface area (Å²) < 4.78 is 5.37. The lowest BCUT2D eigenvalue weighted by atomic mass is 9.97. The molecule has 1 unspecified atom stereocenters. The van der Waals surface area contributed by atoms with Crippen molar-refractivity contribution in [1.82, 2.24) is 16.0 Å². The molecule has 150 valence electrons. The van der Waals surface area contributed by atoms with Crippen molar-refractivity contribution >= 4 is 17.7 Å². The summed E-state index contributed by atoms with van der Waals surface area (Å²) in [5.41, 5.74) is 2.56. The number of amides is 3. The van der Waals surface area contributed by atoms with E-state index in [1.807, 2.05) is 18.2 Å². The Morgan fingerprint density at radius 3 is 2.83 bits per heavy atom. The van der Waals surface area contributed by atoms with Gasteiger partial charge in [-0.1, -0.05) is 30.8 Å². The Labute approximate surface area is 169 Å². The summed E-state index contributed by atoms with van der Waals surface area (Å²) >= 11 is 0. The topological polar surface area (TPSA) is 96.5 Å². The van der Waals surface area contributed by atoms with Gasteiger partial charge in [0.2, 0.25) is 5.91 Å². The fourth-order valence-electron chi connectivity index (χ4n) is 3.27. The molecule has 3 amide bonds. The molecule has 1 heterocycles. The van der Waals surface area contributed by atoms with Crippen LogP contribution in [-0.4, -0.2) is 37.9 Å². The third-order valence-electron chi connectivity index (χ3n) is 4.78. The van der Waals surface area contributed by atoms with E-state index >= 15 is 0 Å². The summed E-state index contributed by atoms with van der Waals surface area (Å²) in [5, 5.41) is 8.41. The van der Waals surface area contributed by atoms with Gasteiger partial charge in [-0.3, -0.25) is 14.4 Å². The van der Waals surface area contributed by atoms with Crippen molar-refractivity contribution in [3.8, 4) is 5.75 Å². The number of rotatable bonds is 7. The fourth-order valence-corrected chi connectivity index (χ4v) is 3.27. The van der Waals surface area contributed by atoms with Gasteiger partial charge in [-0.2, -0.15) is 0 Å². The van der Waals surface area contributed by atoms with Crippen LogP contribution in [0.4, 0.5) is 0 Å². The predicted molar refractivity (Wildman–Crippen MR) is 109 cm³/mol. The molecule has 7 nitrogen and oxygen atoms in total. The van der Waals surface area contributed by atoms with Crippen LogP contribution in [0, 0.1) is 0 Å². The van der Waals surface area contributed by atoms with Crippen LogP contribution in [0.1, 0.15) is 37.9 Å². The van der Waals surface area contributed by atoms with Gasteiger partial charge in [0.25, 0.3) is 11.8 Å². The lowest BCUT2D eigenvalue weighted by molar-refractivity contribution is -0.117. The minimum absolute atomic E-state index is 0.141. The fraction of sp³-hybridized carbons (Fsp3) is 0.227. The molecule has 29 heavy (non-hydrogen) atoms. The summed E-state index contributed by atoms with van der Waals surface area (Å²) in [7, 11) is 1.54. The first kappa shape index (κ1) is 20.1. The Balaban J connectivity index is 1.77. The molecule has 0 aromatic heterocycles. The standard InChI is InChI=1S/C22H23N3O4/c1-3-20(26)25-18(16-6-4-5-7-19(16)29-2)13-24-21(27)15-9-8-14-10-11-23-22(28)17(14)12-15/h3-9,12,18H,1,10-11,13H2,2H3,(H,23,28)(H,24,27)(H,25,26). The largest absolute Gasteiger partial charge is 0.496 e. The minimum atomic E-state index is -0.512. The van der Waals surface area contributed by atoms with Crippen LogP contribution in [-0.2, 0) is 11.2 Å². The zero-order valence-corrected chi connectivity index (χ0v) is 16.2. The van der Waals surface area contributed by atoms with Gasteiger partial charge in [-0.25, -0.2) is 0 Å². The number of carbonyl (C=O) groups is 3. The van der Waals surface area contributed by atoms with Crippen molar-refractivity contribution in [1.29, 1.82) is 0 Å². The molecule has 0 fully saturated rings. The molecule has 0 aliphatic carbocycles. The van der Waals surface area contributed by atoms with E-state index in [9.17, 15) is 14.4 Å². The van der Waals surface area contributed by atoms with Gasteiger partial charge in [0.1, 0.15) is 5.75 Å². The van der Waals surface area contributed by atoms with E-state index in [1.54, 1.807) is 31.4 Å². The van der Waals surface area contributed by atoms with Crippen LogP contribution < -0.4 is 20.7 Å². The van der Waals surface area contributed by atoms with Crippen molar-refractivity contribution in [3.63, 3.8) is 0 Å². The third kappa shape index (κ3) is 4.63. The Morgan fingerprint density at radius 1 is 1.28 bits per heavy atom. The summed E-state index contributed by atoms with van der Waals surface area (Å²) in [5.74, 6) is -0.271. The molecular weight excluding hydrogens is 370 g/mol. The second-order valence-electron chi connectivity index (χ2n) is 6.60. The van der Waals surface area contributed by atoms with Gasteiger partial charge in [0.15, 0.2) is 0 Å². The molecular formula is C22H23N3O4. The van der Waals surface area contributed by atoms with E-state index in [2.05, 4.69) is 22.5 Å². The Hall–Kier alpha value is -3.61. The summed E-state index contributed by atoms with van der Waals surface area (Å²) in [6.45, 7) is 4.21. The average Bonchev–Trinajstić information content (AvgIpc) is 2.76. The third-order valence-corrected chi connectivity index (χ3v) is 4.78. The van der Waals surface area contributed by atoms with Crippen LogP contribution in [0.2, 0.25) is 0 Å². The second kappa shape index (κ2) is 9.05. The van der Waals surface area contributed by atoms with E-state index in [4.69, 9.17) is 4.74 Å². The van der Waals surface area contributed by atoms with Gasteiger partial charge in [-0.15, -0.1) is 0 Å². The van der Waals surface area contributed by atoms with E-state index in [0.717, 1.165) is 17.5 Å². The van der Waals surface area contributed by atoms with Crippen molar-refractivity contribution < 1.29 is 19.1 Å². The number of nitrogens with one attached hydrogen (secondary N) is 3. The molecule has 7 heteroatoms. The maximum Gasteiger partial charge on any atom is 0.251 e. The lowest BCUT2D eigenvalue weighted by Gasteiger charge is -2.21. The van der Waals surface area contributed by atoms with Gasteiger partial charge in [0.05, 0.1) is 13.2 Å². The van der Waals surface area contributed by atoms with Gasteiger partial charge < -0.3 is 20.7 Å². The number of fused-ring (bicyclic) bond motifs is 1. The molecule has 0 radical (unpaired) electrons. The van der Waals surface area contributed by atoms with Crippen molar-refractivity contribution in [2.75, 3.05) is 20.2 Å². The molecule has 1 atom stereocenters. The summed E-state index contributed by atoms with van der Waals surface area (Å²) in [6, 6.07) is 11.9. The molecule has 3 N–H and O–H groups in total. The minimum Gasteiger partial charge on any atom is -0.496 e. The first-order chi connectivity index (χ1) is 14.0. The molecule has 0 spiro atoms. The van der Waals surface area contributed by atoms with E-state index in [-0.39, 0.29) is 24.3 Å². The monoisotopic (exact) mass is 393 g/mol. The highest BCUT2D eigenvalue weighted by atomic mass is 16.5.